The third-order valence-corrected chi connectivity index (χ3v) is 6.53. The Labute approximate surface area is 189 Å². The van der Waals surface area contributed by atoms with Crippen molar-refractivity contribution in [3.8, 4) is 0 Å². The number of halogens is 1. The van der Waals surface area contributed by atoms with Crippen molar-refractivity contribution in [1.82, 2.24) is 4.90 Å². The van der Waals surface area contributed by atoms with Gasteiger partial charge in [-0.25, -0.2) is 0 Å². The van der Waals surface area contributed by atoms with E-state index < -0.39 is 0 Å². The molecule has 1 aromatic rings. The maximum atomic E-state index is 13.4. The normalized spacial score (nSPS) is 25.1. The van der Waals surface area contributed by atoms with Crippen LogP contribution in [0.3, 0.4) is 0 Å². The summed E-state index contributed by atoms with van der Waals surface area (Å²) in [5, 5.41) is 0.720. The Morgan fingerprint density at radius 3 is 2.65 bits per heavy atom. The molecule has 2 amide bonds. The highest BCUT2D eigenvalue weighted by Gasteiger charge is 2.32. The second-order valence-corrected chi connectivity index (χ2v) is 8.98. The third-order valence-electron chi connectivity index (χ3n) is 6.29. The molecular weight excluding hydrogens is 408 g/mol. The molecule has 5 heteroatoms. The van der Waals surface area contributed by atoms with Gasteiger partial charge in [-0.15, -0.1) is 0 Å². The SMILES string of the molecule is CC1=C/C(C(=O)N2CCC(C(=O)N3CCCCc4cc(Cl)ccc43)CC2)=C\C=C\C=C\1. The summed E-state index contributed by atoms with van der Waals surface area (Å²) >= 11 is 6.19. The van der Waals surface area contributed by atoms with Gasteiger partial charge in [0, 0.05) is 41.8 Å². The van der Waals surface area contributed by atoms with Crippen molar-refractivity contribution in [3.63, 3.8) is 0 Å². The van der Waals surface area contributed by atoms with Gasteiger partial charge in [-0.3, -0.25) is 9.59 Å². The standard InChI is InChI=1S/C26H29ClN2O2/c1-19-7-3-2-4-9-22(17-19)25(30)28-15-12-20(13-16-28)26(31)29-14-6-5-8-21-18-23(27)10-11-24(21)29/h2-4,7,9-11,17-18,20H,5-6,8,12-16H2,1H3/b3-2?,4-2+,7-3+,9-4?,19-7?,19-17-,22-9+,22-17?. The Bertz CT molecular complexity index is 981. The quantitative estimate of drug-likeness (QED) is 0.635. The predicted octanol–water partition coefficient (Wildman–Crippen LogP) is 5.25. The highest BCUT2D eigenvalue weighted by Crippen LogP contribution is 2.32. The molecule has 0 atom stereocenters. The highest BCUT2D eigenvalue weighted by molar-refractivity contribution is 6.30. The maximum absolute atomic E-state index is 13.4. The molecule has 162 valence electrons. The number of allylic oxidation sites excluding steroid dienone is 6. The lowest BCUT2D eigenvalue weighted by atomic mass is 9.94. The van der Waals surface area contributed by atoms with Crippen molar-refractivity contribution >= 4 is 29.1 Å². The number of amides is 2. The number of benzene rings is 1. The monoisotopic (exact) mass is 436 g/mol. The van der Waals surface area contributed by atoms with Crippen LogP contribution in [0.2, 0.25) is 5.02 Å². The molecule has 0 N–H and O–H groups in total. The number of carbonyl (C=O) groups is 2. The number of hydrogen-bond acceptors (Lipinski definition) is 2. The highest BCUT2D eigenvalue weighted by atomic mass is 35.5. The summed E-state index contributed by atoms with van der Waals surface area (Å²) in [4.78, 5) is 30.3. The third kappa shape index (κ3) is 5.01. The number of hydrogen-bond donors (Lipinski definition) is 0. The summed E-state index contributed by atoms with van der Waals surface area (Å²) in [6, 6.07) is 5.85. The van der Waals surface area contributed by atoms with Crippen LogP contribution in [0.5, 0.6) is 0 Å². The number of piperidine rings is 1. The minimum Gasteiger partial charge on any atom is -0.339 e. The van der Waals surface area contributed by atoms with Gasteiger partial charge < -0.3 is 9.80 Å². The zero-order chi connectivity index (χ0) is 21.8. The second-order valence-electron chi connectivity index (χ2n) is 8.54. The number of anilines is 1. The second kappa shape index (κ2) is 9.69. The van der Waals surface area contributed by atoms with Crippen LogP contribution in [0.1, 0.15) is 38.2 Å². The number of rotatable bonds is 2. The van der Waals surface area contributed by atoms with E-state index in [9.17, 15) is 9.59 Å². The maximum Gasteiger partial charge on any atom is 0.253 e. The van der Waals surface area contributed by atoms with Crippen molar-refractivity contribution < 1.29 is 9.59 Å². The van der Waals surface area contributed by atoms with E-state index in [1.54, 1.807) is 0 Å². The molecule has 0 aromatic heterocycles. The van der Waals surface area contributed by atoms with Crippen molar-refractivity contribution in [1.29, 1.82) is 0 Å². The van der Waals surface area contributed by atoms with Gasteiger partial charge in [-0.2, -0.15) is 0 Å². The van der Waals surface area contributed by atoms with E-state index in [-0.39, 0.29) is 17.7 Å². The number of likely N-dealkylation sites (tertiary alicyclic amines) is 1. The molecule has 0 unspecified atom stereocenters. The molecule has 0 saturated carbocycles. The van der Waals surface area contributed by atoms with Crippen LogP contribution < -0.4 is 4.90 Å². The van der Waals surface area contributed by atoms with Crippen LogP contribution >= 0.6 is 11.6 Å². The molecule has 0 spiro atoms. The lowest BCUT2D eigenvalue weighted by Crippen LogP contribution is -2.45. The van der Waals surface area contributed by atoms with E-state index in [4.69, 9.17) is 11.6 Å². The van der Waals surface area contributed by atoms with Gasteiger partial charge in [-0.05, 0) is 74.9 Å². The van der Waals surface area contributed by atoms with Gasteiger partial charge in [-0.1, -0.05) is 41.5 Å². The summed E-state index contributed by atoms with van der Waals surface area (Å²) in [5.41, 5.74) is 3.91. The zero-order valence-corrected chi connectivity index (χ0v) is 18.8. The van der Waals surface area contributed by atoms with E-state index in [0.717, 1.165) is 47.7 Å². The first-order valence-electron chi connectivity index (χ1n) is 11.2. The summed E-state index contributed by atoms with van der Waals surface area (Å²) in [6.07, 6.45) is 16.0. The number of fused-ring (bicyclic) bond motifs is 1. The average Bonchev–Trinajstić information content (AvgIpc) is 2.97. The molecule has 2 heterocycles. The van der Waals surface area contributed by atoms with Gasteiger partial charge >= 0.3 is 0 Å². The molecular formula is C26H29ClN2O2. The molecule has 3 aliphatic rings. The fourth-order valence-electron chi connectivity index (χ4n) is 4.59. The van der Waals surface area contributed by atoms with Gasteiger partial charge in [0.1, 0.15) is 0 Å². The number of aryl methyl sites for hydroxylation is 1. The Morgan fingerprint density at radius 1 is 1.03 bits per heavy atom. The lowest BCUT2D eigenvalue weighted by Gasteiger charge is -2.34. The minimum atomic E-state index is -0.0444. The smallest absolute Gasteiger partial charge is 0.253 e. The largest absolute Gasteiger partial charge is 0.339 e. The summed E-state index contributed by atoms with van der Waals surface area (Å²) in [7, 11) is 0. The van der Waals surface area contributed by atoms with Crippen LogP contribution in [-0.2, 0) is 16.0 Å². The van der Waals surface area contributed by atoms with Crippen molar-refractivity contribution in [2.45, 2.75) is 39.0 Å². The molecule has 31 heavy (non-hydrogen) atoms. The molecule has 1 aromatic carbocycles. The molecule has 1 fully saturated rings. The van der Waals surface area contributed by atoms with Gasteiger partial charge in [0.2, 0.25) is 5.91 Å². The topological polar surface area (TPSA) is 40.6 Å². The van der Waals surface area contributed by atoms with E-state index >= 15 is 0 Å². The molecule has 4 rings (SSSR count). The number of nitrogens with zero attached hydrogens (tertiary/aromatic N) is 2. The Morgan fingerprint density at radius 2 is 1.84 bits per heavy atom. The van der Waals surface area contributed by atoms with Crippen molar-refractivity contribution in [3.05, 3.63) is 76.4 Å². The first kappa shape index (κ1) is 21.6. The van der Waals surface area contributed by atoms with Gasteiger partial charge in [0.25, 0.3) is 5.91 Å². The Balaban J connectivity index is 1.43. The van der Waals surface area contributed by atoms with Crippen LogP contribution in [0, 0.1) is 5.92 Å². The molecule has 0 bridgehead atoms. The molecule has 2 aliphatic heterocycles. The molecule has 1 aliphatic carbocycles. The minimum absolute atomic E-state index is 0.0416. The first-order chi connectivity index (χ1) is 15.0. The zero-order valence-electron chi connectivity index (χ0n) is 18.0. The summed E-state index contributed by atoms with van der Waals surface area (Å²) < 4.78 is 0. The van der Waals surface area contributed by atoms with Crippen molar-refractivity contribution in [2.75, 3.05) is 24.5 Å². The Hall–Kier alpha value is -2.59. The fraction of sp³-hybridized carbons (Fsp3) is 0.385. The van der Waals surface area contributed by atoms with Gasteiger partial charge in [0.05, 0.1) is 0 Å². The number of carbonyl (C=O) groups excluding carboxylic acids is 2. The van der Waals surface area contributed by atoms with Crippen LogP contribution in [-0.4, -0.2) is 36.3 Å². The van der Waals surface area contributed by atoms with Gasteiger partial charge in [0.15, 0.2) is 0 Å². The molecule has 4 nitrogen and oxygen atoms in total. The van der Waals surface area contributed by atoms with E-state index in [1.807, 2.05) is 71.4 Å². The average molecular weight is 437 g/mol. The first-order valence-corrected chi connectivity index (χ1v) is 11.5. The lowest BCUT2D eigenvalue weighted by molar-refractivity contribution is -0.131. The molecule has 0 radical (unpaired) electrons. The van der Waals surface area contributed by atoms with E-state index in [2.05, 4.69) is 0 Å². The fourth-order valence-corrected chi connectivity index (χ4v) is 4.78. The molecule has 1 saturated heterocycles. The van der Waals surface area contributed by atoms with Crippen molar-refractivity contribution in [2.24, 2.45) is 5.92 Å². The Kier molecular flexibility index (Phi) is 6.77. The van der Waals surface area contributed by atoms with E-state index in [1.165, 1.54) is 0 Å². The summed E-state index contributed by atoms with van der Waals surface area (Å²) in [5.74, 6) is 0.184. The van der Waals surface area contributed by atoms with Crippen LogP contribution in [0.15, 0.2) is 65.8 Å². The predicted molar refractivity (Wildman–Crippen MR) is 126 cm³/mol. The van der Waals surface area contributed by atoms with Crippen LogP contribution in [0.25, 0.3) is 0 Å². The van der Waals surface area contributed by atoms with E-state index in [0.29, 0.717) is 31.5 Å². The summed E-state index contributed by atoms with van der Waals surface area (Å²) in [6.45, 7) is 3.97. The van der Waals surface area contributed by atoms with Crippen LogP contribution in [0.4, 0.5) is 5.69 Å².